The van der Waals surface area contributed by atoms with Crippen LogP contribution in [0.2, 0.25) is 0 Å². The largest absolute Gasteiger partial charge is 0.393 e. The van der Waals surface area contributed by atoms with E-state index in [0.29, 0.717) is 44.9 Å². The molecule has 0 aromatic carbocycles. The van der Waals surface area contributed by atoms with Gasteiger partial charge in [-0.15, -0.1) is 11.6 Å². The second-order valence-electron chi connectivity index (χ2n) is 28.1. The molecule has 13 atom stereocenters. The van der Waals surface area contributed by atoms with E-state index in [2.05, 4.69) is 16.0 Å². The number of amides is 11. The standard InChI is InChI=1S/C65H106ClF4N11O11/c1-15-40(6)55-61(90)76(10)36-53(84)74(8)37-54(85)79(13)50(34-43-21-16-17-22-46(43)67)60(89)75(9)35-51(82)71-47(27-25-42-24-26-44(45(66)33-42)65(68,69)70)59(88)81-30-20-23-48(81)58(87)73-64(28-18-19-29-64)63(92)80(14)56(39(4)5)62(91)77(11)41(7)32-52(83)78(12)49(31-38(2)3)57(86)72-55/h38-50,55-56H,15-37H2,1-14H3,(H,71,82)(H,72,86)(H,73,87)/t40-,41+,42?,43?,44?,45?,46?,47-,48-,49-,50-,55-,56-/m0/s1. The zero-order chi connectivity index (χ0) is 69.0. The van der Waals surface area contributed by atoms with E-state index in [1.807, 2.05) is 20.8 Å². The summed E-state index contributed by atoms with van der Waals surface area (Å²) in [5, 5.41) is 7.43. The van der Waals surface area contributed by atoms with Crippen LogP contribution in [0.5, 0.6) is 0 Å². The van der Waals surface area contributed by atoms with Crippen LogP contribution in [-0.4, -0.2) is 245 Å². The van der Waals surface area contributed by atoms with Gasteiger partial charge in [-0.25, -0.2) is 4.39 Å². The molecule has 3 aliphatic carbocycles. The van der Waals surface area contributed by atoms with E-state index in [-0.39, 0.29) is 95.4 Å². The Morgan fingerprint density at radius 1 is 0.630 bits per heavy atom. The van der Waals surface area contributed by atoms with Gasteiger partial charge < -0.3 is 55.1 Å². The molecule has 2 saturated heterocycles. The molecule has 27 heteroatoms. The number of halogens is 5. The maximum Gasteiger partial charge on any atom is 0.393 e. The Balaban J connectivity index is 1.55. The molecule has 3 saturated carbocycles. The first-order valence-corrected chi connectivity index (χ1v) is 33.8. The summed E-state index contributed by atoms with van der Waals surface area (Å²) in [4.78, 5) is 170. The predicted molar refractivity (Wildman–Crippen MR) is 338 cm³/mol. The minimum absolute atomic E-state index is 0.0132. The van der Waals surface area contributed by atoms with Crippen molar-refractivity contribution in [2.45, 2.75) is 236 Å². The molecule has 5 fully saturated rings. The highest BCUT2D eigenvalue weighted by Gasteiger charge is 2.51. The van der Waals surface area contributed by atoms with Crippen molar-refractivity contribution < 1.29 is 70.3 Å². The summed E-state index contributed by atoms with van der Waals surface area (Å²) in [6, 6.07) is -7.94. The van der Waals surface area contributed by atoms with Crippen LogP contribution in [0.25, 0.3) is 0 Å². The monoisotopic (exact) mass is 1330 g/mol. The first-order chi connectivity index (χ1) is 43.0. The molecule has 2 aliphatic heterocycles. The highest BCUT2D eigenvalue weighted by Crippen LogP contribution is 2.44. The van der Waals surface area contributed by atoms with Crippen LogP contribution in [-0.2, 0) is 52.7 Å². The first kappa shape index (κ1) is 76.9. The fourth-order valence-electron chi connectivity index (χ4n) is 14.1. The Labute approximate surface area is 547 Å². The maximum atomic E-state index is 15.7. The Kier molecular flexibility index (Phi) is 28.0. The summed E-state index contributed by atoms with van der Waals surface area (Å²) in [5.41, 5.74) is -1.50. The van der Waals surface area contributed by atoms with Gasteiger partial charge in [0.25, 0.3) is 0 Å². The van der Waals surface area contributed by atoms with E-state index >= 15 is 14.0 Å². The zero-order valence-electron chi connectivity index (χ0n) is 56.9. The summed E-state index contributed by atoms with van der Waals surface area (Å²) in [7, 11) is 9.85. The quantitative estimate of drug-likeness (QED) is 0.182. The van der Waals surface area contributed by atoms with E-state index in [9.17, 15) is 56.3 Å². The third-order valence-electron chi connectivity index (χ3n) is 20.4. The van der Waals surface area contributed by atoms with Gasteiger partial charge in [-0.2, -0.15) is 13.2 Å². The van der Waals surface area contributed by atoms with Crippen LogP contribution in [0.3, 0.4) is 0 Å². The van der Waals surface area contributed by atoms with Gasteiger partial charge in [-0.3, -0.25) is 52.7 Å². The minimum atomic E-state index is -4.51. The van der Waals surface area contributed by atoms with E-state index in [1.165, 1.54) is 68.9 Å². The Hall–Kier alpha value is -5.82. The van der Waals surface area contributed by atoms with Crippen molar-refractivity contribution in [3.8, 4) is 0 Å². The van der Waals surface area contributed by atoms with Gasteiger partial charge in [-0.1, -0.05) is 73.6 Å². The Bertz CT molecular complexity index is 2630. The van der Waals surface area contributed by atoms with Crippen molar-refractivity contribution >= 4 is 76.6 Å². The summed E-state index contributed by atoms with van der Waals surface area (Å²) >= 11 is 6.35. The fraction of sp³-hybridized carbons (Fsp3) is 0.831. The molecule has 0 radical (unpaired) electrons. The number of carbonyl (C=O) groups excluding carboxylic acids is 11. The SMILES string of the molecule is CC[C@H](C)[C@@H]1NC(=O)[C@H](CC(C)C)N(C)C(=O)C[C@@H](C)N(C)C(=O)[C@H](C(C)C)N(C)C(=O)C2(CCCC2)NC(=O)[C@@H]2CCCN2C(=O)[C@H](CCC2CCC(C(F)(F)F)C(Cl)C2)NC(=O)CN(C)C(=O)[C@H](CC2CCCCC2F)N(C)C(=O)CN(C)C(=O)CN(C)C1=O. The number of hydrogen-bond donors (Lipinski definition) is 3. The minimum Gasteiger partial charge on any atom is -0.343 e. The highest BCUT2D eigenvalue weighted by molar-refractivity contribution is 6.20. The molecule has 1 spiro atoms. The third-order valence-corrected chi connectivity index (χ3v) is 20.9. The molecule has 5 rings (SSSR count). The third kappa shape index (κ3) is 19.4. The van der Waals surface area contributed by atoms with Crippen molar-refractivity contribution in [3.05, 3.63) is 0 Å². The van der Waals surface area contributed by atoms with Crippen molar-refractivity contribution in [2.75, 3.05) is 75.5 Å². The molecule has 2 heterocycles. The number of alkyl halides is 5. The van der Waals surface area contributed by atoms with Gasteiger partial charge in [-0.05, 0) is 120 Å². The molecule has 0 aromatic heterocycles. The number of hydrogen-bond acceptors (Lipinski definition) is 11. The van der Waals surface area contributed by atoms with Crippen LogP contribution in [0.1, 0.15) is 170 Å². The predicted octanol–water partition coefficient (Wildman–Crippen LogP) is 5.52. The normalized spacial score (nSPS) is 31.0. The van der Waals surface area contributed by atoms with Gasteiger partial charge >= 0.3 is 6.18 Å². The van der Waals surface area contributed by atoms with Crippen LogP contribution < -0.4 is 16.0 Å². The molecule has 5 aliphatic rings. The lowest BCUT2D eigenvalue weighted by Gasteiger charge is -2.41. The van der Waals surface area contributed by atoms with E-state index in [0.717, 1.165) is 19.6 Å². The van der Waals surface area contributed by atoms with Crippen LogP contribution in [0.15, 0.2) is 0 Å². The number of fused-ring (bicyclic) bond motifs is 1. The molecule has 22 nitrogen and oxygen atoms in total. The average molecular weight is 1330 g/mol. The lowest BCUT2D eigenvalue weighted by Crippen LogP contribution is -2.64. The molecule has 0 aromatic rings. The molecule has 5 unspecified atom stereocenters. The highest BCUT2D eigenvalue weighted by atomic mass is 35.5. The lowest BCUT2D eigenvalue weighted by atomic mass is 9.78. The second-order valence-corrected chi connectivity index (χ2v) is 28.7. The van der Waals surface area contributed by atoms with Crippen molar-refractivity contribution in [3.63, 3.8) is 0 Å². The van der Waals surface area contributed by atoms with Gasteiger partial charge in [0.1, 0.15) is 48.0 Å². The van der Waals surface area contributed by atoms with Crippen LogP contribution in [0.4, 0.5) is 17.6 Å². The van der Waals surface area contributed by atoms with Gasteiger partial charge in [0.2, 0.25) is 65.0 Å². The van der Waals surface area contributed by atoms with Gasteiger partial charge in [0, 0.05) is 73.7 Å². The molecule has 3 N–H and O–H groups in total. The molecular weight excluding hydrogens is 1220 g/mol. The topological polar surface area (TPSA) is 250 Å². The summed E-state index contributed by atoms with van der Waals surface area (Å²) in [6.45, 7) is 10.8. The molecular formula is C65H106ClF4N11O11. The second kappa shape index (κ2) is 33.5. The fourth-order valence-corrected chi connectivity index (χ4v) is 14.7. The average Bonchev–Trinajstić information content (AvgIpc) is 1.59. The smallest absolute Gasteiger partial charge is 0.343 e. The van der Waals surface area contributed by atoms with Crippen LogP contribution in [0, 0.1) is 35.5 Å². The number of rotatable bonds is 10. The number of nitrogens with zero attached hydrogens (tertiary/aromatic N) is 8. The Morgan fingerprint density at radius 2 is 1.24 bits per heavy atom. The summed E-state index contributed by atoms with van der Waals surface area (Å²) in [6.07, 6.45) is -1.64. The maximum absolute atomic E-state index is 15.7. The van der Waals surface area contributed by atoms with E-state index in [4.69, 9.17) is 11.6 Å². The van der Waals surface area contributed by atoms with Gasteiger partial charge in [0.05, 0.1) is 25.6 Å². The Morgan fingerprint density at radius 3 is 1.83 bits per heavy atom. The first-order valence-electron chi connectivity index (χ1n) is 33.3. The van der Waals surface area contributed by atoms with Crippen LogP contribution >= 0.6 is 11.6 Å². The number of nitrogens with one attached hydrogen (secondary N) is 3. The number of carbonyl (C=O) groups is 11. The van der Waals surface area contributed by atoms with E-state index in [1.54, 1.807) is 27.7 Å². The zero-order valence-corrected chi connectivity index (χ0v) is 57.6. The van der Waals surface area contributed by atoms with Crippen molar-refractivity contribution in [2.24, 2.45) is 35.5 Å². The molecule has 11 amide bonds. The molecule has 92 heavy (non-hydrogen) atoms. The van der Waals surface area contributed by atoms with Crippen molar-refractivity contribution in [1.29, 1.82) is 0 Å². The van der Waals surface area contributed by atoms with Gasteiger partial charge in [0.15, 0.2) is 0 Å². The molecule has 0 bridgehead atoms. The van der Waals surface area contributed by atoms with E-state index < -0.39 is 174 Å². The summed E-state index contributed by atoms with van der Waals surface area (Å²) in [5.74, 6) is -10.9. The summed E-state index contributed by atoms with van der Waals surface area (Å²) < 4.78 is 57.4. The lowest BCUT2D eigenvalue weighted by molar-refractivity contribution is -0.182. The molecule has 522 valence electrons. The van der Waals surface area contributed by atoms with Crippen molar-refractivity contribution in [1.82, 2.24) is 55.1 Å². The number of likely N-dealkylation sites (N-methyl/N-ethyl adjacent to an activating group) is 7.